The first-order chi connectivity index (χ1) is 18.8. The molecule has 2 amide bonds. The van der Waals surface area contributed by atoms with E-state index in [0.29, 0.717) is 25.1 Å². The number of nitrogens with zero attached hydrogens (tertiary/aromatic N) is 2. The summed E-state index contributed by atoms with van der Waals surface area (Å²) in [6.45, 7) is 4.05. The molecule has 3 rings (SSSR count). The Kier molecular flexibility index (Phi) is 10.9. The molecule has 0 saturated heterocycles. The van der Waals surface area contributed by atoms with Crippen molar-refractivity contribution < 1.29 is 22.7 Å². The topological polar surface area (TPSA) is 96.0 Å². The van der Waals surface area contributed by atoms with E-state index in [4.69, 9.17) is 4.74 Å². The van der Waals surface area contributed by atoms with Gasteiger partial charge in [-0.25, -0.2) is 8.42 Å². The van der Waals surface area contributed by atoms with Crippen LogP contribution in [0.1, 0.15) is 32.3 Å². The summed E-state index contributed by atoms with van der Waals surface area (Å²) in [6.07, 6.45) is 1.66. The van der Waals surface area contributed by atoms with E-state index in [2.05, 4.69) is 5.32 Å². The fourth-order valence-electron chi connectivity index (χ4n) is 4.33. The molecular weight excluding hydrogens is 514 g/mol. The Balaban J connectivity index is 2.02. The number of sulfonamides is 1. The molecule has 39 heavy (non-hydrogen) atoms. The van der Waals surface area contributed by atoms with Crippen LogP contribution in [-0.2, 0) is 26.0 Å². The van der Waals surface area contributed by atoms with Gasteiger partial charge in [-0.3, -0.25) is 13.9 Å². The van der Waals surface area contributed by atoms with Crippen LogP contribution in [0, 0.1) is 0 Å². The van der Waals surface area contributed by atoms with Crippen molar-refractivity contribution in [3.05, 3.63) is 90.5 Å². The second-order valence-electron chi connectivity index (χ2n) is 9.03. The van der Waals surface area contributed by atoms with E-state index < -0.39 is 28.5 Å². The molecule has 9 heteroatoms. The summed E-state index contributed by atoms with van der Waals surface area (Å²) in [7, 11) is -2.69. The Morgan fingerprint density at radius 2 is 1.51 bits per heavy atom. The Labute approximate surface area is 231 Å². The number of nitrogens with one attached hydrogen (secondary N) is 1. The summed E-state index contributed by atoms with van der Waals surface area (Å²) in [5.41, 5.74) is 1.25. The van der Waals surface area contributed by atoms with Crippen molar-refractivity contribution in [2.24, 2.45) is 0 Å². The molecule has 0 heterocycles. The third-order valence-corrected chi connectivity index (χ3v) is 8.16. The Morgan fingerprint density at radius 3 is 2.13 bits per heavy atom. The largest absolute Gasteiger partial charge is 0.495 e. The first-order valence-electron chi connectivity index (χ1n) is 13.1. The maximum Gasteiger partial charge on any atom is 0.264 e. The Hall–Kier alpha value is -3.85. The number of anilines is 1. The molecular formula is C30H37N3O5S. The maximum absolute atomic E-state index is 14.0. The fraction of sp³-hybridized carbons (Fsp3) is 0.333. The van der Waals surface area contributed by atoms with Crippen LogP contribution in [0.3, 0.4) is 0 Å². The van der Waals surface area contributed by atoms with Gasteiger partial charge in [0.25, 0.3) is 10.0 Å². The second-order valence-corrected chi connectivity index (χ2v) is 10.9. The fourth-order valence-corrected chi connectivity index (χ4v) is 5.78. The third kappa shape index (κ3) is 7.60. The molecule has 0 spiro atoms. The zero-order valence-corrected chi connectivity index (χ0v) is 23.6. The Morgan fingerprint density at radius 1 is 0.897 bits per heavy atom. The number of rotatable bonds is 14. The van der Waals surface area contributed by atoms with Gasteiger partial charge in [-0.05, 0) is 49.1 Å². The number of hydrogen-bond donors (Lipinski definition) is 1. The van der Waals surface area contributed by atoms with Crippen LogP contribution >= 0.6 is 0 Å². The number of amides is 2. The normalized spacial score (nSPS) is 11.9. The number of carbonyl (C=O) groups excluding carboxylic acids is 2. The monoisotopic (exact) mass is 551 g/mol. The van der Waals surface area contributed by atoms with Crippen LogP contribution in [0.4, 0.5) is 5.69 Å². The van der Waals surface area contributed by atoms with Crippen LogP contribution in [0.5, 0.6) is 5.75 Å². The average Bonchev–Trinajstić information content (AvgIpc) is 2.97. The first-order valence-corrected chi connectivity index (χ1v) is 14.6. The number of para-hydroxylation sites is 2. The molecule has 0 aromatic heterocycles. The van der Waals surface area contributed by atoms with Crippen molar-refractivity contribution >= 4 is 27.5 Å². The van der Waals surface area contributed by atoms with E-state index in [-0.39, 0.29) is 23.0 Å². The summed E-state index contributed by atoms with van der Waals surface area (Å²) in [6, 6.07) is 23.6. The second kappa shape index (κ2) is 14.3. The van der Waals surface area contributed by atoms with Gasteiger partial charge in [0, 0.05) is 13.1 Å². The highest BCUT2D eigenvalue weighted by Crippen LogP contribution is 2.32. The van der Waals surface area contributed by atoms with Gasteiger partial charge in [0.05, 0.1) is 17.7 Å². The van der Waals surface area contributed by atoms with E-state index in [1.807, 2.05) is 44.2 Å². The van der Waals surface area contributed by atoms with E-state index in [9.17, 15) is 18.0 Å². The van der Waals surface area contributed by atoms with Gasteiger partial charge in [0.1, 0.15) is 18.3 Å². The number of carbonyl (C=O) groups is 2. The van der Waals surface area contributed by atoms with Crippen molar-refractivity contribution in [2.45, 2.75) is 44.0 Å². The molecule has 3 aromatic rings. The van der Waals surface area contributed by atoms with Crippen molar-refractivity contribution in [2.75, 3.05) is 31.0 Å². The average molecular weight is 552 g/mol. The molecule has 0 saturated carbocycles. The molecule has 208 valence electrons. The highest BCUT2D eigenvalue weighted by atomic mass is 32.2. The van der Waals surface area contributed by atoms with Crippen LogP contribution < -0.4 is 14.4 Å². The number of hydrogen-bond acceptors (Lipinski definition) is 5. The van der Waals surface area contributed by atoms with Gasteiger partial charge in [0.2, 0.25) is 11.8 Å². The minimum atomic E-state index is -4.14. The summed E-state index contributed by atoms with van der Waals surface area (Å²) >= 11 is 0. The predicted molar refractivity (Wildman–Crippen MR) is 153 cm³/mol. The van der Waals surface area contributed by atoms with Crippen LogP contribution in [0.15, 0.2) is 89.8 Å². The minimum Gasteiger partial charge on any atom is -0.495 e. The Bertz CT molecular complexity index is 1320. The lowest BCUT2D eigenvalue weighted by Crippen LogP contribution is -2.53. The molecule has 1 unspecified atom stereocenters. The van der Waals surface area contributed by atoms with Crippen molar-refractivity contribution in [1.29, 1.82) is 0 Å². The standard InChI is InChI=1S/C30H37N3O5S/c1-4-21-31-30(35)26(5-2)32(22-20-24-14-8-6-9-15-24)29(34)23-33(27-18-12-13-19-28(27)38-3)39(36,37)25-16-10-7-11-17-25/h6-19,26H,4-5,20-23H2,1-3H3,(H,31,35). The van der Waals surface area contributed by atoms with Gasteiger partial charge >= 0.3 is 0 Å². The number of ether oxygens (including phenoxy) is 1. The first kappa shape index (κ1) is 29.7. The van der Waals surface area contributed by atoms with Crippen molar-refractivity contribution in [3.63, 3.8) is 0 Å². The van der Waals surface area contributed by atoms with Crippen LogP contribution in [0.25, 0.3) is 0 Å². The molecule has 0 radical (unpaired) electrons. The molecule has 0 aliphatic heterocycles. The zero-order chi connectivity index (χ0) is 28.3. The molecule has 3 aromatic carbocycles. The zero-order valence-electron chi connectivity index (χ0n) is 22.7. The van der Waals surface area contributed by atoms with Gasteiger partial charge in [-0.1, -0.05) is 74.5 Å². The highest BCUT2D eigenvalue weighted by Gasteiger charge is 2.34. The SMILES string of the molecule is CCCNC(=O)C(CC)N(CCc1ccccc1)C(=O)CN(c1ccccc1OC)S(=O)(=O)c1ccccc1. The lowest BCUT2D eigenvalue weighted by molar-refractivity contribution is -0.139. The predicted octanol–water partition coefficient (Wildman–Crippen LogP) is 4.27. The molecule has 1 N–H and O–H groups in total. The van der Waals surface area contributed by atoms with Crippen LogP contribution in [-0.4, -0.2) is 57.9 Å². The molecule has 0 fully saturated rings. The smallest absolute Gasteiger partial charge is 0.264 e. The van der Waals surface area contributed by atoms with Crippen LogP contribution in [0.2, 0.25) is 0 Å². The molecule has 0 aliphatic carbocycles. The quantitative estimate of drug-likeness (QED) is 0.323. The highest BCUT2D eigenvalue weighted by molar-refractivity contribution is 7.92. The molecule has 0 bridgehead atoms. The third-order valence-electron chi connectivity index (χ3n) is 6.38. The summed E-state index contributed by atoms with van der Waals surface area (Å²) < 4.78 is 34.3. The van der Waals surface area contributed by atoms with Crippen molar-refractivity contribution in [1.82, 2.24) is 10.2 Å². The van der Waals surface area contributed by atoms with E-state index in [1.165, 1.54) is 24.1 Å². The molecule has 8 nitrogen and oxygen atoms in total. The molecule has 1 atom stereocenters. The minimum absolute atomic E-state index is 0.0484. The maximum atomic E-state index is 14.0. The number of benzene rings is 3. The van der Waals surface area contributed by atoms with Gasteiger partial charge in [-0.2, -0.15) is 0 Å². The summed E-state index contributed by atoms with van der Waals surface area (Å²) in [5, 5.41) is 2.89. The lowest BCUT2D eigenvalue weighted by Gasteiger charge is -2.33. The van der Waals surface area contributed by atoms with E-state index in [1.54, 1.807) is 42.5 Å². The van der Waals surface area contributed by atoms with Gasteiger partial charge < -0.3 is 15.0 Å². The van der Waals surface area contributed by atoms with E-state index >= 15 is 0 Å². The van der Waals surface area contributed by atoms with Gasteiger partial charge in [0.15, 0.2) is 0 Å². The summed E-state index contributed by atoms with van der Waals surface area (Å²) in [4.78, 5) is 28.7. The molecule has 0 aliphatic rings. The van der Waals surface area contributed by atoms with E-state index in [0.717, 1.165) is 16.3 Å². The lowest BCUT2D eigenvalue weighted by atomic mass is 10.1. The summed E-state index contributed by atoms with van der Waals surface area (Å²) in [5.74, 6) is -0.418. The van der Waals surface area contributed by atoms with Gasteiger partial charge in [-0.15, -0.1) is 0 Å². The number of methoxy groups -OCH3 is 1. The van der Waals surface area contributed by atoms with Crippen molar-refractivity contribution in [3.8, 4) is 5.75 Å².